The summed E-state index contributed by atoms with van der Waals surface area (Å²) in [4.78, 5) is 8.88. The molecule has 0 aliphatic rings. The number of halogens is 1. The summed E-state index contributed by atoms with van der Waals surface area (Å²) < 4.78 is 10.5. The standard InChI is InChI=1S/C2H3FO2.Mg/c3-1-2(4)5;/h1H2,(H,4,5);/q;+2/p-1. The third kappa shape index (κ3) is 8.90. The molecule has 0 N–H and O–H groups in total. The number of carbonyl (C=O) groups excluding carboxylic acids is 1. The van der Waals surface area contributed by atoms with Gasteiger partial charge in [-0.3, -0.25) is 0 Å². The fourth-order valence-corrected chi connectivity index (χ4v) is 0. The Morgan fingerprint density at radius 3 is 2.00 bits per heavy atom. The Labute approximate surface area is 50.5 Å². The number of carboxylic acid groups (broad SMARTS) is 1. The van der Waals surface area contributed by atoms with Crippen LogP contribution >= 0.6 is 0 Å². The van der Waals surface area contributed by atoms with Crippen LogP contribution in [0.15, 0.2) is 0 Å². The summed E-state index contributed by atoms with van der Waals surface area (Å²) in [7, 11) is 0. The van der Waals surface area contributed by atoms with Crippen LogP contribution in [-0.4, -0.2) is 35.7 Å². The number of carboxylic acids is 1. The second kappa shape index (κ2) is 5.17. The molecule has 0 aromatic carbocycles. The van der Waals surface area contributed by atoms with Gasteiger partial charge in [-0.25, -0.2) is 4.39 Å². The number of rotatable bonds is 1. The van der Waals surface area contributed by atoms with Crippen LogP contribution in [-0.2, 0) is 4.79 Å². The van der Waals surface area contributed by atoms with E-state index < -0.39 is 12.6 Å². The van der Waals surface area contributed by atoms with Crippen molar-refractivity contribution in [1.29, 1.82) is 0 Å². The average Bonchev–Trinajstić information content (AvgIpc) is 1.38. The summed E-state index contributed by atoms with van der Waals surface area (Å²) in [6, 6.07) is 0. The topological polar surface area (TPSA) is 40.1 Å². The molecule has 0 spiro atoms. The van der Waals surface area contributed by atoms with Gasteiger partial charge >= 0.3 is 23.1 Å². The zero-order valence-electron chi connectivity index (χ0n) is 3.11. The molecule has 0 atom stereocenters. The Bertz CT molecular complexity index is 46.8. The molecule has 4 heteroatoms. The molecule has 0 aliphatic carbocycles. The van der Waals surface area contributed by atoms with E-state index in [0.29, 0.717) is 0 Å². The molecule has 0 saturated carbocycles. The maximum absolute atomic E-state index is 10.5. The quantitative estimate of drug-likeness (QED) is 0.370. The van der Waals surface area contributed by atoms with Crippen molar-refractivity contribution in [3.63, 3.8) is 0 Å². The second-order valence-corrected chi connectivity index (χ2v) is 0.506. The third-order valence-corrected chi connectivity index (χ3v) is 0.109. The Hall–Kier alpha value is 0.166. The fraction of sp³-hybridized carbons (Fsp3) is 0.500. The fourth-order valence-electron chi connectivity index (χ4n) is 0. The summed E-state index contributed by atoms with van der Waals surface area (Å²) in [5, 5.41) is 8.88. The first-order valence-corrected chi connectivity index (χ1v) is 1.03. The van der Waals surface area contributed by atoms with Gasteiger partial charge in [-0.2, -0.15) is 0 Å². The van der Waals surface area contributed by atoms with Gasteiger partial charge in [-0.05, 0) is 0 Å². The maximum atomic E-state index is 10.5. The Kier molecular flexibility index (Phi) is 8.16. The summed E-state index contributed by atoms with van der Waals surface area (Å²) in [5.41, 5.74) is 0. The summed E-state index contributed by atoms with van der Waals surface area (Å²) in [6.07, 6.45) is 0. The molecule has 0 unspecified atom stereocenters. The molecule has 0 aromatic heterocycles. The second-order valence-electron chi connectivity index (χ2n) is 0.506. The Morgan fingerprint density at radius 1 is 1.83 bits per heavy atom. The first-order chi connectivity index (χ1) is 2.27. The van der Waals surface area contributed by atoms with Crippen LogP contribution in [0.1, 0.15) is 0 Å². The van der Waals surface area contributed by atoms with Gasteiger partial charge in [-0.1, -0.05) is 0 Å². The van der Waals surface area contributed by atoms with Gasteiger partial charge in [0.2, 0.25) is 0 Å². The molecule has 0 fully saturated rings. The summed E-state index contributed by atoms with van der Waals surface area (Å²) in [6.45, 7) is -1.39. The van der Waals surface area contributed by atoms with Gasteiger partial charge < -0.3 is 9.90 Å². The zero-order valence-corrected chi connectivity index (χ0v) is 4.52. The van der Waals surface area contributed by atoms with Crippen LogP contribution in [0.25, 0.3) is 0 Å². The maximum Gasteiger partial charge on any atom is 2.00 e. The van der Waals surface area contributed by atoms with Crippen molar-refractivity contribution in [2.45, 2.75) is 0 Å². The van der Waals surface area contributed by atoms with Crippen LogP contribution in [0, 0.1) is 0 Å². The van der Waals surface area contributed by atoms with Gasteiger partial charge in [0.1, 0.15) is 6.67 Å². The monoisotopic (exact) mass is 101 g/mol. The van der Waals surface area contributed by atoms with Crippen LogP contribution < -0.4 is 5.11 Å². The van der Waals surface area contributed by atoms with E-state index in [2.05, 4.69) is 0 Å². The van der Waals surface area contributed by atoms with Crippen molar-refractivity contribution < 1.29 is 14.3 Å². The Morgan fingerprint density at radius 2 is 2.00 bits per heavy atom. The van der Waals surface area contributed by atoms with Gasteiger partial charge in [0.15, 0.2) is 0 Å². The van der Waals surface area contributed by atoms with E-state index in [1.54, 1.807) is 0 Å². The van der Waals surface area contributed by atoms with E-state index >= 15 is 0 Å². The van der Waals surface area contributed by atoms with Crippen molar-refractivity contribution >= 4 is 29.0 Å². The molecule has 0 amide bonds. The number of hydrogen-bond acceptors (Lipinski definition) is 2. The van der Waals surface area contributed by atoms with Crippen LogP contribution in [0.5, 0.6) is 0 Å². The van der Waals surface area contributed by atoms with E-state index in [1.165, 1.54) is 0 Å². The SMILES string of the molecule is O=C([O-])CF.[Mg+2]. The van der Waals surface area contributed by atoms with E-state index in [0.717, 1.165) is 0 Å². The molecule has 0 heterocycles. The number of carbonyl (C=O) groups is 1. The van der Waals surface area contributed by atoms with E-state index in [1.807, 2.05) is 0 Å². The molecule has 6 heavy (non-hydrogen) atoms. The molecular formula is C2H2FMgO2+. The predicted octanol–water partition coefficient (Wildman–Crippen LogP) is -1.68. The Balaban J connectivity index is 0. The van der Waals surface area contributed by atoms with Gasteiger partial charge in [0.25, 0.3) is 0 Å². The number of hydrogen-bond donors (Lipinski definition) is 0. The number of alkyl halides is 1. The van der Waals surface area contributed by atoms with Gasteiger partial charge in [0, 0.05) is 0 Å². The molecule has 0 saturated heterocycles. The van der Waals surface area contributed by atoms with E-state index in [9.17, 15) is 4.39 Å². The predicted molar refractivity (Wildman–Crippen MR) is 16.7 cm³/mol. The first kappa shape index (κ1) is 9.48. The minimum absolute atomic E-state index is 0. The molecule has 0 bridgehead atoms. The smallest absolute Gasteiger partial charge is 0.547 e. The zero-order chi connectivity index (χ0) is 4.28. The van der Waals surface area contributed by atoms with Crippen molar-refractivity contribution in [1.82, 2.24) is 0 Å². The average molecular weight is 101 g/mol. The molecule has 30 valence electrons. The summed E-state index contributed by atoms with van der Waals surface area (Å²) in [5.74, 6) is -1.66. The van der Waals surface area contributed by atoms with Gasteiger partial charge in [-0.15, -0.1) is 0 Å². The molecule has 2 nitrogen and oxygen atoms in total. The molecular weight excluding hydrogens is 99.3 g/mol. The molecule has 0 rings (SSSR count). The van der Waals surface area contributed by atoms with E-state index in [-0.39, 0.29) is 23.1 Å². The van der Waals surface area contributed by atoms with Crippen molar-refractivity contribution in [3.8, 4) is 0 Å². The first-order valence-electron chi connectivity index (χ1n) is 1.03. The van der Waals surface area contributed by atoms with E-state index in [4.69, 9.17) is 9.90 Å². The molecule has 0 aliphatic heterocycles. The van der Waals surface area contributed by atoms with Gasteiger partial charge in [0.05, 0.1) is 5.97 Å². The third-order valence-electron chi connectivity index (χ3n) is 0.109. The summed E-state index contributed by atoms with van der Waals surface area (Å²) >= 11 is 0. The van der Waals surface area contributed by atoms with Crippen LogP contribution in [0.4, 0.5) is 4.39 Å². The molecule has 0 aromatic rings. The van der Waals surface area contributed by atoms with Crippen molar-refractivity contribution in [2.75, 3.05) is 6.67 Å². The minimum Gasteiger partial charge on any atom is -0.547 e. The van der Waals surface area contributed by atoms with Crippen molar-refractivity contribution in [2.24, 2.45) is 0 Å². The largest absolute Gasteiger partial charge is 2.00 e. The normalized spacial score (nSPS) is 6.17. The van der Waals surface area contributed by atoms with Crippen LogP contribution in [0.3, 0.4) is 0 Å². The van der Waals surface area contributed by atoms with Crippen LogP contribution in [0.2, 0.25) is 0 Å². The number of aliphatic carboxylic acids is 1. The minimum atomic E-state index is -1.66. The van der Waals surface area contributed by atoms with Crippen molar-refractivity contribution in [3.05, 3.63) is 0 Å². The molecule has 0 radical (unpaired) electrons.